The number of aliphatic hydroxyl groups is 1. The molecular weight excluding hydrogens is 380 g/mol. The molecule has 3 heterocycles. The van der Waals surface area contributed by atoms with Crippen molar-refractivity contribution < 1.29 is 19.4 Å². The highest BCUT2D eigenvalue weighted by Crippen LogP contribution is 2.39. The molecule has 144 valence electrons. The fraction of sp³-hybridized carbons (Fsp3) is 0.286. The second-order valence-corrected chi connectivity index (χ2v) is 7.31. The van der Waals surface area contributed by atoms with Gasteiger partial charge in [0.1, 0.15) is 5.76 Å². The molecule has 2 aliphatic heterocycles. The van der Waals surface area contributed by atoms with Crippen LogP contribution in [0.4, 0.5) is 0 Å². The van der Waals surface area contributed by atoms with Gasteiger partial charge in [-0.1, -0.05) is 11.6 Å². The van der Waals surface area contributed by atoms with Gasteiger partial charge in [0.15, 0.2) is 0 Å². The summed E-state index contributed by atoms with van der Waals surface area (Å²) in [7, 11) is 0. The molecule has 0 saturated carbocycles. The highest BCUT2D eigenvalue weighted by molar-refractivity contribution is 6.46. The molecule has 28 heavy (non-hydrogen) atoms. The fourth-order valence-electron chi connectivity index (χ4n) is 3.73. The van der Waals surface area contributed by atoms with Crippen molar-refractivity contribution in [1.29, 1.82) is 0 Å². The lowest BCUT2D eigenvalue weighted by Crippen LogP contribution is -2.36. The van der Waals surface area contributed by atoms with Crippen LogP contribution in [0.15, 0.2) is 54.4 Å². The number of pyridine rings is 1. The van der Waals surface area contributed by atoms with Gasteiger partial charge in [-0.05, 0) is 54.8 Å². The van der Waals surface area contributed by atoms with E-state index in [-0.39, 0.29) is 17.4 Å². The number of carbonyl (C=O) groups excluding carboxylic acids is 2. The number of nitrogens with zero attached hydrogens (tertiary/aromatic N) is 2. The van der Waals surface area contributed by atoms with E-state index < -0.39 is 17.7 Å². The van der Waals surface area contributed by atoms with Crippen molar-refractivity contribution >= 4 is 29.1 Å². The van der Waals surface area contributed by atoms with Gasteiger partial charge in [0, 0.05) is 36.1 Å². The molecule has 2 saturated heterocycles. The molecule has 7 heteroatoms. The molecule has 2 unspecified atom stereocenters. The van der Waals surface area contributed by atoms with E-state index >= 15 is 0 Å². The zero-order valence-electron chi connectivity index (χ0n) is 15.0. The Labute approximate surface area is 167 Å². The highest BCUT2D eigenvalue weighted by atomic mass is 35.5. The molecular formula is C21H19ClN2O4. The van der Waals surface area contributed by atoms with Gasteiger partial charge in [0.05, 0.1) is 17.7 Å². The molecule has 1 N–H and O–H groups in total. The van der Waals surface area contributed by atoms with E-state index in [0.29, 0.717) is 29.3 Å². The number of hydrogen-bond donors (Lipinski definition) is 1. The lowest BCUT2D eigenvalue weighted by Gasteiger charge is -2.27. The van der Waals surface area contributed by atoms with Crippen LogP contribution in [0.2, 0.25) is 5.02 Å². The van der Waals surface area contributed by atoms with Crippen molar-refractivity contribution in [2.24, 2.45) is 0 Å². The molecule has 1 aromatic heterocycles. The second-order valence-electron chi connectivity index (χ2n) is 6.87. The van der Waals surface area contributed by atoms with Crippen molar-refractivity contribution in [1.82, 2.24) is 9.88 Å². The summed E-state index contributed by atoms with van der Waals surface area (Å²) < 4.78 is 5.67. The van der Waals surface area contributed by atoms with Crippen LogP contribution < -0.4 is 0 Å². The maximum Gasteiger partial charge on any atom is 0.295 e. The van der Waals surface area contributed by atoms with Gasteiger partial charge in [-0.15, -0.1) is 0 Å². The van der Waals surface area contributed by atoms with Crippen molar-refractivity contribution in [2.75, 3.05) is 13.2 Å². The van der Waals surface area contributed by atoms with E-state index in [1.54, 1.807) is 48.8 Å². The van der Waals surface area contributed by atoms with Crippen LogP contribution in [-0.2, 0) is 14.3 Å². The minimum absolute atomic E-state index is 0.0662. The second kappa shape index (κ2) is 7.73. The Kier molecular flexibility index (Phi) is 5.15. The largest absolute Gasteiger partial charge is 0.507 e. The number of likely N-dealkylation sites (tertiary alicyclic amines) is 1. The maximum atomic E-state index is 12.9. The highest BCUT2D eigenvalue weighted by Gasteiger charge is 2.47. The smallest absolute Gasteiger partial charge is 0.295 e. The van der Waals surface area contributed by atoms with Crippen LogP contribution in [0, 0.1) is 0 Å². The monoisotopic (exact) mass is 398 g/mol. The first-order chi connectivity index (χ1) is 13.6. The molecule has 0 radical (unpaired) electrons. The van der Waals surface area contributed by atoms with E-state index in [1.165, 1.54) is 4.90 Å². The summed E-state index contributed by atoms with van der Waals surface area (Å²) in [6.45, 7) is 0.953. The predicted molar refractivity (Wildman–Crippen MR) is 104 cm³/mol. The van der Waals surface area contributed by atoms with Crippen molar-refractivity contribution in [3.8, 4) is 0 Å². The standard InChI is InChI=1S/C21H19ClN2O4/c22-15-5-3-14(4-6-15)19(25)17-18(13-7-9-23-10-8-13)24(21(27)20(17)26)12-16-2-1-11-28-16/h3-10,16,18,25H,1-2,11-12H2/b19-17-. The first-order valence-corrected chi connectivity index (χ1v) is 9.50. The van der Waals surface area contributed by atoms with E-state index in [4.69, 9.17) is 16.3 Å². The van der Waals surface area contributed by atoms with Crippen molar-refractivity contribution in [2.45, 2.75) is 25.0 Å². The molecule has 2 aliphatic rings. The van der Waals surface area contributed by atoms with Gasteiger partial charge >= 0.3 is 0 Å². The van der Waals surface area contributed by atoms with Crippen LogP contribution in [-0.4, -0.2) is 45.9 Å². The number of carbonyl (C=O) groups is 2. The molecule has 1 aromatic carbocycles. The Morgan fingerprint density at radius 3 is 2.54 bits per heavy atom. The van der Waals surface area contributed by atoms with Crippen LogP contribution in [0.5, 0.6) is 0 Å². The lowest BCUT2D eigenvalue weighted by molar-refractivity contribution is -0.140. The molecule has 2 atom stereocenters. The van der Waals surface area contributed by atoms with Gasteiger partial charge in [-0.2, -0.15) is 0 Å². The Balaban J connectivity index is 1.80. The average molecular weight is 399 g/mol. The Morgan fingerprint density at radius 1 is 1.18 bits per heavy atom. The number of Topliss-reactive ketones (excluding diaryl/α,β-unsaturated/α-hetero) is 1. The van der Waals surface area contributed by atoms with Crippen molar-refractivity contribution in [3.63, 3.8) is 0 Å². The topological polar surface area (TPSA) is 79.7 Å². The number of aliphatic hydroxyl groups excluding tert-OH is 1. The summed E-state index contributed by atoms with van der Waals surface area (Å²) in [5.74, 6) is -1.55. The number of amides is 1. The number of rotatable bonds is 4. The molecule has 0 spiro atoms. The number of ketones is 1. The molecule has 6 nitrogen and oxygen atoms in total. The fourth-order valence-corrected chi connectivity index (χ4v) is 3.86. The SMILES string of the molecule is O=C1C(=O)N(CC2CCCO2)C(c2ccncc2)/C1=C(/O)c1ccc(Cl)cc1. The van der Waals surface area contributed by atoms with Crippen LogP contribution in [0.1, 0.15) is 30.0 Å². The Bertz CT molecular complexity index is 921. The average Bonchev–Trinajstić information content (AvgIpc) is 3.31. The van der Waals surface area contributed by atoms with Crippen LogP contribution in [0.3, 0.4) is 0 Å². The number of halogens is 1. The third-order valence-corrected chi connectivity index (χ3v) is 5.36. The predicted octanol–water partition coefficient (Wildman–Crippen LogP) is 3.34. The third kappa shape index (κ3) is 3.41. The minimum atomic E-state index is -0.702. The maximum absolute atomic E-state index is 12.9. The minimum Gasteiger partial charge on any atom is -0.507 e. The number of ether oxygens (including phenoxy) is 1. The number of benzene rings is 1. The van der Waals surface area contributed by atoms with Gasteiger partial charge in [0.25, 0.3) is 11.7 Å². The van der Waals surface area contributed by atoms with Gasteiger partial charge in [-0.25, -0.2) is 0 Å². The lowest BCUT2D eigenvalue weighted by atomic mass is 9.96. The third-order valence-electron chi connectivity index (χ3n) is 5.10. The van der Waals surface area contributed by atoms with Gasteiger partial charge in [0.2, 0.25) is 0 Å². The molecule has 0 bridgehead atoms. The van der Waals surface area contributed by atoms with E-state index in [2.05, 4.69) is 4.98 Å². The van der Waals surface area contributed by atoms with E-state index in [0.717, 1.165) is 12.8 Å². The van der Waals surface area contributed by atoms with Gasteiger partial charge in [-0.3, -0.25) is 14.6 Å². The zero-order valence-corrected chi connectivity index (χ0v) is 15.8. The molecule has 4 rings (SSSR count). The first kappa shape index (κ1) is 18.7. The summed E-state index contributed by atoms with van der Waals surface area (Å²) in [4.78, 5) is 31.2. The van der Waals surface area contributed by atoms with Crippen molar-refractivity contribution in [3.05, 3.63) is 70.5 Å². The number of aromatic nitrogens is 1. The van der Waals surface area contributed by atoms with E-state index in [9.17, 15) is 14.7 Å². The Hall–Kier alpha value is -2.70. The first-order valence-electron chi connectivity index (χ1n) is 9.12. The molecule has 1 amide bonds. The zero-order chi connectivity index (χ0) is 19.7. The normalized spacial score (nSPS) is 24.1. The molecule has 2 fully saturated rings. The van der Waals surface area contributed by atoms with Gasteiger partial charge < -0.3 is 14.7 Å². The summed E-state index contributed by atoms with van der Waals surface area (Å²) in [5.41, 5.74) is 1.21. The summed E-state index contributed by atoms with van der Waals surface area (Å²) >= 11 is 5.92. The summed E-state index contributed by atoms with van der Waals surface area (Å²) in [5, 5.41) is 11.4. The molecule has 0 aliphatic carbocycles. The Morgan fingerprint density at radius 2 is 1.89 bits per heavy atom. The summed E-state index contributed by atoms with van der Waals surface area (Å²) in [6.07, 6.45) is 4.86. The van der Waals surface area contributed by atoms with E-state index in [1.807, 2.05) is 0 Å². The quantitative estimate of drug-likeness (QED) is 0.485. The number of hydrogen-bond acceptors (Lipinski definition) is 5. The molecule has 2 aromatic rings. The van der Waals surface area contributed by atoms with Crippen LogP contribution >= 0.6 is 11.6 Å². The van der Waals surface area contributed by atoms with Crippen LogP contribution in [0.25, 0.3) is 5.76 Å². The summed E-state index contributed by atoms with van der Waals surface area (Å²) in [6, 6.07) is 9.29.